The predicted octanol–water partition coefficient (Wildman–Crippen LogP) is 3.59. The van der Waals surface area contributed by atoms with Crippen LogP contribution in [-0.4, -0.2) is 20.9 Å². The van der Waals surface area contributed by atoms with E-state index in [1.165, 1.54) is 0 Å². The van der Waals surface area contributed by atoms with Gasteiger partial charge in [-0.25, -0.2) is 4.98 Å². The number of amides is 1. The van der Waals surface area contributed by atoms with Crippen molar-refractivity contribution < 1.29 is 4.79 Å². The minimum atomic E-state index is 0.0742. The van der Waals surface area contributed by atoms with Gasteiger partial charge in [-0.1, -0.05) is 0 Å². The van der Waals surface area contributed by atoms with Crippen molar-refractivity contribution in [3.8, 4) is 11.3 Å². The smallest absolute Gasteiger partial charge is 0.228 e. The molecular formula is C18H18N4O. The Kier molecular flexibility index (Phi) is 3.15. The van der Waals surface area contributed by atoms with Crippen molar-refractivity contribution in [1.82, 2.24) is 15.0 Å². The molecule has 1 saturated carbocycles. The summed E-state index contributed by atoms with van der Waals surface area (Å²) in [6.45, 7) is 4.06. The fourth-order valence-corrected chi connectivity index (χ4v) is 2.85. The van der Waals surface area contributed by atoms with Gasteiger partial charge in [0.2, 0.25) is 5.91 Å². The molecule has 5 heteroatoms. The molecule has 1 aliphatic rings. The van der Waals surface area contributed by atoms with Gasteiger partial charge in [0.1, 0.15) is 5.82 Å². The Balaban J connectivity index is 1.73. The molecule has 0 unspecified atom stereocenters. The van der Waals surface area contributed by atoms with E-state index in [-0.39, 0.29) is 11.8 Å². The highest BCUT2D eigenvalue weighted by atomic mass is 16.2. The molecule has 0 aromatic carbocycles. The Morgan fingerprint density at radius 3 is 2.83 bits per heavy atom. The van der Waals surface area contributed by atoms with E-state index in [0.29, 0.717) is 5.82 Å². The third kappa shape index (κ3) is 2.59. The molecule has 0 aliphatic heterocycles. The monoisotopic (exact) mass is 306 g/mol. The van der Waals surface area contributed by atoms with Crippen LogP contribution in [0, 0.1) is 19.8 Å². The summed E-state index contributed by atoms with van der Waals surface area (Å²) >= 11 is 0. The molecule has 3 aromatic heterocycles. The molecule has 1 fully saturated rings. The molecule has 5 nitrogen and oxygen atoms in total. The Hall–Kier alpha value is -2.69. The topological polar surface area (TPSA) is 70.7 Å². The van der Waals surface area contributed by atoms with E-state index in [1.54, 1.807) is 0 Å². The number of aromatic nitrogens is 3. The minimum Gasteiger partial charge on any atom is -0.354 e. The number of anilines is 1. The fraction of sp³-hybridized carbons (Fsp3) is 0.278. The van der Waals surface area contributed by atoms with Crippen molar-refractivity contribution >= 4 is 22.6 Å². The SMILES string of the molecule is Cc1cc(-c2[nH]c3cc(NC(=O)C4CC4)ncc3c2C)ccn1. The van der Waals surface area contributed by atoms with Gasteiger partial charge in [-0.3, -0.25) is 9.78 Å². The van der Waals surface area contributed by atoms with Gasteiger partial charge in [0, 0.05) is 46.7 Å². The van der Waals surface area contributed by atoms with Gasteiger partial charge < -0.3 is 10.3 Å². The lowest BCUT2D eigenvalue weighted by Gasteiger charge is -2.02. The molecular weight excluding hydrogens is 288 g/mol. The van der Waals surface area contributed by atoms with Crippen molar-refractivity contribution in [3.63, 3.8) is 0 Å². The molecule has 1 amide bonds. The Morgan fingerprint density at radius 1 is 1.26 bits per heavy atom. The van der Waals surface area contributed by atoms with Gasteiger partial charge in [-0.05, 0) is 44.4 Å². The lowest BCUT2D eigenvalue weighted by atomic mass is 10.1. The molecule has 0 atom stereocenters. The zero-order valence-electron chi connectivity index (χ0n) is 13.2. The molecule has 0 bridgehead atoms. The summed E-state index contributed by atoms with van der Waals surface area (Å²) in [6.07, 6.45) is 5.61. The predicted molar refractivity (Wildman–Crippen MR) is 90.2 cm³/mol. The molecule has 0 radical (unpaired) electrons. The third-order valence-corrected chi connectivity index (χ3v) is 4.33. The highest BCUT2D eigenvalue weighted by Gasteiger charge is 2.29. The number of carbonyl (C=O) groups is 1. The van der Waals surface area contributed by atoms with E-state index in [0.717, 1.165) is 46.3 Å². The molecule has 3 aromatic rings. The lowest BCUT2D eigenvalue weighted by Crippen LogP contribution is -2.14. The summed E-state index contributed by atoms with van der Waals surface area (Å²) in [5, 5.41) is 3.96. The van der Waals surface area contributed by atoms with Crippen LogP contribution in [0.15, 0.2) is 30.6 Å². The molecule has 116 valence electrons. The molecule has 23 heavy (non-hydrogen) atoms. The maximum atomic E-state index is 11.9. The van der Waals surface area contributed by atoms with E-state index in [4.69, 9.17) is 0 Å². The first-order valence-corrected chi connectivity index (χ1v) is 7.84. The number of aromatic amines is 1. The van der Waals surface area contributed by atoms with Gasteiger partial charge in [0.15, 0.2) is 0 Å². The maximum Gasteiger partial charge on any atom is 0.228 e. The van der Waals surface area contributed by atoms with Gasteiger partial charge >= 0.3 is 0 Å². The van der Waals surface area contributed by atoms with Crippen LogP contribution in [-0.2, 0) is 4.79 Å². The number of rotatable bonds is 3. The zero-order chi connectivity index (χ0) is 16.0. The first kappa shape index (κ1) is 13.9. The second-order valence-corrected chi connectivity index (χ2v) is 6.19. The highest BCUT2D eigenvalue weighted by molar-refractivity contribution is 5.96. The summed E-state index contributed by atoms with van der Waals surface area (Å²) in [4.78, 5) is 23.9. The second kappa shape index (κ2) is 5.19. The number of hydrogen-bond donors (Lipinski definition) is 2. The van der Waals surface area contributed by atoms with Crippen molar-refractivity contribution in [2.24, 2.45) is 5.92 Å². The second-order valence-electron chi connectivity index (χ2n) is 6.19. The number of fused-ring (bicyclic) bond motifs is 1. The van der Waals surface area contributed by atoms with Crippen LogP contribution in [0.2, 0.25) is 0 Å². The van der Waals surface area contributed by atoms with E-state index in [1.807, 2.05) is 31.5 Å². The van der Waals surface area contributed by atoms with Crippen LogP contribution in [0.3, 0.4) is 0 Å². The van der Waals surface area contributed by atoms with Crippen LogP contribution >= 0.6 is 0 Å². The standard InChI is InChI=1S/C18H18N4O/c1-10-7-13(5-6-19-10)17-11(2)14-9-20-16(8-15(14)21-17)22-18(23)12-3-4-12/h5-9,12,21H,3-4H2,1-2H3,(H,20,22,23). The number of H-pyrrole nitrogens is 1. The number of carbonyl (C=O) groups excluding carboxylic acids is 1. The number of pyridine rings is 2. The van der Waals surface area contributed by atoms with Gasteiger partial charge in [-0.2, -0.15) is 0 Å². The molecule has 2 N–H and O–H groups in total. The average Bonchev–Trinajstić information content (AvgIpc) is 3.33. The van der Waals surface area contributed by atoms with E-state index in [2.05, 4.69) is 33.3 Å². The van der Waals surface area contributed by atoms with E-state index in [9.17, 15) is 4.79 Å². The van der Waals surface area contributed by atoms with Gasteiger partial charge in [-0.15, -0.1) is 0 Å². The first-order chi connectivity index (χ1) is 11.1. The number of aryl methyl sites for hydroxylation is 2. The maximum absolute atomic E-state index is 11.9. The van der Waals surface area contributed by atoms with Crippen LogP contribution in [0.1, 0.15) is 24.1 Å². The van der Waals surface area contributed by atoms with Gasteiger partial charge in [0.25, 0.3) is 0 Å². The number of nitrogens with zero attached hydrogens (tertiary/aromatic N) is 2. The molecule has 1 aliphatic carbocycles. The molecule has 0 spiro atoms. The van der Waals surface area contributed by atoms with Crippen LogP contribution in [0.4, 0.5) is 5.82 Å². The Morgan fingerprint density at radius 2 is 2.09 bits per heavy atom. The van der Waals surface area contributed by atoms with Crippen molar-refractivity contribution in [1.29, 1.82) is 0 Å². The summed E-state index contributed by atoms with van der Waals surface area (Å²) in [7, 11) is 0. The molecule has 0 saturated heterocycles. The average molecular weight is 306 g/mol. The van der Waals surface area contributed by atoms with Crippen LogP contribution in [0.5, 0.6) is 0 Å². The lowest BCUT2D eigenvalue weighted by molar-refractivity contribution is -0.117. The van der Waals surface area contributed by atoms with Crippen molar-refractivity contribution in [2.45, 2.75) is 26.7 Å². The quantitative estimate of drug-likeness (QED) is 0.777. The normalized spacial score (nSPS) is 14.2. The Labute approximate surface area is 134 Å². The minimum absolute atomic E-state index is 0.0742. The summed E-state index contributed by atoms with van der Waals surface area (Å²) in [5.41, 5.74) is 5.29. The third-order valence-electron chi connectivity index (χ3n) is 4.33. The number of hydrogen-bond acceptors (Lipinski definition) is 3. The van der Waals surface area contributed by atoms with Crippen molar-refractivity contribution in [2.75, 3.05) is 5.32 Å². The van der Waals surface area contributed by atoms with Crippen LogP contribution < -0.4 is 5.32 Å². The first-order valence-electron chi connectivity index (χ1n) is 7.84. The van der Waals surface area contributed by atoms with E-state index >= 15 is 0 Å². The van der Waals surface area contributed by atoms with Crippen molar-refractivity contribution in [3.05, 3.63) is 41.9 Å². The highest BCUT2D eigenvalue weighted by Crippen LogP contribution is 2.32. The Bertz CT molecular complexity index is 909. The summed E-state index contributed by atoms with van der Waals surface area (Å²) in [5.74, 6) is 0.853. The van der Waals surface area contributed by atoms with Gasteiger partial charge in [0.05, 0.1) is 5.52 Å². The largest absolute Gasteiger partial charge is 0.354 e. The summed E-state index contributed by atoms with van der Waals surface area (Å²) in [6, 6.07) is 5.95. The number of nitrogens with one attached hydrogen (secondary N) is 2. The molecule has 4 rings (SSSR count). The van der Waals surface area contributed by atoms with E-state index < -0.39 is 0 Å². The zero-order valence-corrected chi connectivity index (χ0v) is 13.2. The molecule has 3 heterocycles. The summed E-state index contributed by atoms with van der Waals surface area (Å²) < 4.78 is 0. The van der Waals surface area contributed by atoms with Crippen LogP contribution in [0.25, 0.3) is 22.2 Å². The fourth-order valence-electron chi connectivity index (χ4n) is 2.85.